The van der Waals surface area contributed by atoms with Crippen molar-refractivity contribution < 1.29 is 27.6 Å². The van der Waals surface area contributed by atoms with E-state index >= 15 is 0 Å². The lowest BCUT2D eigenvalue weighted by atomic mass is 9.96. The van der Waals surface area contributed by atoms with Gasteiger partial charge in [0.25, 0.3) is 11.8 Å². The van der Waals surface area contributed by atoms with Crippen LogP contribution in [0, 0.1) is 18.3 Å². The van der Waals surface area contributed by atoms with Crippen LogP contribution in [0.2, 0.25) is 5.02 Å². The van der Waals surface area contributed by atoms with Crippen molar-refractivity contribution in [3.8, 4) is 23.6 Å². The Bertz CT molecular complexity index is 1650. The van der Waals surface area contributed by atoms with Gasteiger partial charge in [-0.25, -0.2) is 4.98 Å². The lowest BCUT2D eigenvalue weighted by molar-refractivity contribution is -0.141. The molecular formula is C30H32ClF3N8O3. The molecule has 0 radical (unpaired) electrons. The van der Waals surface area contributed by atoms with Crippen LogP contribution in [-0.4, -0.2) is 86.1 Å². The van der Waals surface area contributed by atoms with Crippen LogP contribution < -0.4 is 10.6 Å². The molecule has 2 aliphatic rings. The number of terminal acetylenes is 1. The number of carbonyl (C=O) groups is 3. The molecule has 0 aliphatic carbocycles. The number of hydrogen-bond donors (Lipinski definition) is 2. The summed E-state index contributed by atoms with van der Waals surface area (Å²) in [7, 11) is 1.41. The van der Waals surface area contributed by atoms with Gasteiger partial charge in [-0.1, -0.05) is 17.5 Å². The normalized spacial score (nSPS) is 16.7. The summed E-state index contributed by atoms with van der Waals surface area (Å²) in [6.45, 7) is 4.83. The predicted octanol–water partition coefficient (Wildman–Crippen LogP) is 3.69. The zero-order chi connectivity index (χ0) is 32.5. The third-order valence-corrected chi connectivity index (χ3v) is 8.44. The Balaban J connectivity index is 1.25. The molecule has 45 heavy (non-hydrogen) atoms. The molecule has 3 aromatic rings. The van der Waals surface area contributed by atoms with E-state index in [1.165, 1.54) is 42.9 Å². The highest BCUT2D eigenvalue weighted by Crippen LogP contribution is 2.37. The summed E-state index contributed by atoms with van der Waals surface area (Å²) in [6, 6.07) is 3.69. The molecule has 0 spiro atoms. The van der Waals surface area contributed by atoms with Gasteiger partial charge in [0.05, 0.1) is 28.0 Å². The molecule has 5 rings (SSSR count). The monoisotopic (exact) mass is 644 g/mol. The lowest BCUT2D eigenvalue weighted by Crippen LogP contribution is -2.52. The number of piperazine rings is 1. The van der Waals surface area contributed by atoms with Gasteiger partial charge < -0.3 is 25.0 Å². The summed E-state index contributed by atoms with van der Waals surface area (Å²) in [5.74, 6) is 1.33. The molecule has 4 heterocycles. The van der Waals surface area contributed by atoms with Crippen LogP contribution in [-0.2, 0) is 18.0 Å². The first-order valence-electron chi connectivity index (χ1n) is 14.4. The second kappa shape index (κ2) is 12.9. The van der Waals surface area contributed by atoms with E-state index < -0.39 is 23.8 Å². The van der Waals surface area contributed by atoms with Crippen molar-refractivity contribution in [2.75, 3.05) is 44.6 Å². The summed E-state index contributed by atoms with van der Waals surface area (Å²) in [4.78, 5) is 46.7. The van der Waals surface area contributed by atoms with Crippen molar-refractivity contribution in [2.45, 2.75) is 32.0 Å². The highest BCUT2D eigenvalue weighted by Gasteiger charge is 2.39. The fourth-order valence-electron chi connectivity index (χ4n) is 5.51. The van der Waals surface area contributed by atoms with E-state index in [4.69, 9.17) is 18.0 Å². The van der Waals surface area contributed by atoms with Crippen LogP contribution in [0.1, 0.15) is 52.5 Å². The molecule has 2 aromatic heterocycles. The minimum absolute atomic E-state index is 0.0134. The Hall–Kier alpha value is -4.35. The van der Waals surface area contributed by atoms with Gasteiger partial charge in [0.1, 0.15) is 6.04 Å². The number of imidazole rings is 1. The Labute approximate surface area is 262 Å². The number of rotatable bonds is 6. The van der Waals surface area contributed by atoms with E-state index in [1.54, 1.807) is 4.90 Å². The molecule has 3 amide bonds. The Morgan fingerprint density at radius 2 is 1.80 bits per heavy atom. The molecule has 2 N–H and O–H groups in total. The highest BCUT2D eigenvalue weighted by molar-refractivity contribution is 6.34. The van der Waals surface area contributed by atoms with Crippen LogP contribution in [0.25, 0.3) is 11.3 Å². The van der Waals surface area contributed by atoms with Crippen molar-refractivity contribution >= 4 is 35.0 Å². The van der Waals surface area contributed by atoms with Gasteiger partial charge in [-0.3, -0.25) is 19.1 Å². The molecule has 2 saturated heterocycles. The maximum atomic E-state index is 13.8. The minimum atomic E-state index is -4.77. The Morgan fingerprint density at radius 1 is 1.13 bits per heavy atom. The van der Waals surface area contributed by atoms with Crippen LogP contribution in [0.4, 0.5) is 18.9 Å². The van der Waals surface area contributed by atoms with Crippen molar-refractivity contribution in [1.82, 2.24) is 34.4 Å². The van der Waals surface area contributed by atoms with Gasteiger partial charge in [0.2, 0.25) is 5.91 Å². The molecule has 15 heteroatoms. The summed E-state index contributed by atoms with van der Waals surface area (Å²) in [5.41, 5.74) is -0.915. The van der Waals surface area contributed by atoms with Crippen LogP contribution in [0.5, 0.6) is 0 Å². The summed E-state index contributed by atoms with van der Waals surface area (Å²) >= 11 is 6.45. The topological polar surface area (TPSA) is 117 Å². The van der Waals surface area contributed by atoms with E-state index in [0.29, 0.717) is 26.2 Å². The fourth-order valence-corrected chi connectivity index (χ4v) is 5.78. The molecule has 1 unspecified atom stereocenters. The highest BCUT2D eigenvalue weighted by atomic mass is 35.5. The molecule has 0 saturated carbocycles. The second-order valence-electron chi connectivity index (χ2n) is 11.0. The van der Waals surface area contributed by atoms with Crippen LogP contribution in [0.15, 0.2) is 30.6 Å². The van der Waals surface area contributed by atoms with Gasteiger partial charge in [0.15, 0.2) is 11.5 Å². The van der Waals surface area contributed by atoms with Crippen molar-refractivity contribution in [3.63, 3.8) is 0 Å². The first-order chi connectivity index (χ1) is 21.4. The largest absolute Gasteiger partial charge is 0.435 e. The number of benzene rings is 1. The quantitative estimate of drug-likeness (QED) is 0.396. The Morgan fingerprint density at radius 3 is 2.42 bits per heavy atom. The third kappa shape index (κ3) is 6.69. The zero-order valence-electron chi connectivity index (χ0n) is 24.7. The van der Waals surface area contributed by atoms with Crippen molar-refractivity contribution in [2.24, 2.45) is 13.0 Å². The van der Waals surface area contributed by atoms with E-state index in [1.807, 2.05) is 4.90 Å². The van der Waals surface area contributed by atoms with Gasteiger partial charge in [-0.15, -0.1) is 6.42 Å². The smallest absolute Gasteiger partial charge is 0.339 e. The summed E-state index contributed by atoms with van der Waals surface area (Å²) < 4.78 is 43.6. The molecule has 11 nitrogen and oxygen atoms in total. The maximum absolute atomic E-state index is 13.8. The van der Waals surface area contributed by atoms with E-state index in [-0.39, 0.29) is 51.1 Å². The molecule has 1 atom stereocenters. The molecule has 2 aliphatic heterocycles. The van der Waals surface area contributed by atoms with E-state index in [2.05, 4.69) is 26.6 Å². The van der Waals surface area contributed by atoms with Crippen LogP contribution >= 0.6 is 11.6 Å². The molecule has 2 fully saturated rings. The van der Waals surface area contributed by atoms with Gasteiger partial charge in [-0.2, -0.15) is 18.3 Å². The predicted molar refractivity (Wildman–Crippen MR) is 160 cm³/mol. The number of nitrogens with one attached hydrogen (secondary N) is 2. The second-order valence-corrected chi connectivity index (χ2v) is 11.4. The molecule has 1 aromatic carbocycles. The summed E-state index contributed by atoms with van der Waals surface area (Å²) in [5, 5.41) is 9.62. The molecule has 238 valence electrons. The van der Waals surface area contributed by atoms with Crippen LogP contribution in [0.3, 0.4) is 0 Å². The van der Waals surface area contributed by atoms with Gasteiger partial charge >= 0.3 is 6.18 Å². The standard InChI is InChI=1S/C30H32ClF3N8O3/c1-4-18(2)42-17-22(25(38-42)30(32,33)34)24-16-36-26(39(24)3)27(43)37-20-5-6-21(23(31)15-20)29(45)41-13-11-40(12-14-41)28(44)19-7-9-35-10-8-19/h1,5-6,15-19,35H,7-14H2,2-3H3,(H,37,43). The average molecular weight is 645 g/mol. The fraction of sp³-hybridized carbons (Fsp3) is 0.433. The molecule has 0 bridgehead atoms. The van der Waals surface area contributed by atoms with Gasteiger partial charge in [0, 0.05) is 51.0 Å². The Kier molecular flexibility index (Phi) is 9.22. The van der Waals surface area contributed by atoms with E-state index in [0.717, 1.165) is 36.8 Å². The third-order valence-electron chi connectivity index (χ3n) is 8.13. The maximum Gasteiger partial charge on any atom is 0.435 e. The average Bonchev–Trinajstić information content (AvgIpc) is 3.65. The number of piperidine rings is 1. The number of nitrogens with zero attached hydrogens (tertiary/aromatic N) is 6. The number of alkyl halides is 3. The van der Waals surface area contributed by atoms with Crippen molar-refractivity contribution in [1.29, 1.82) is 0 Å². The number of amides is 3. The van der Waals surface area contributed by atoms with E-state index in [9.17, 15) is 27.6 Å². The summed E-state index contributed by atoms with van der Waals surface area (Å²) in [6.07, 6.45) is 4.55. The number of aromatic nitrogens is 4. The first-order valence-corrected chi connectivity index (χ1v) is 14.8. The SMILES string of the molecule is C#CC(C)n1cc(-c2cnc(C(=O)Nc3ccc(C(=O)N4CCN(C(=O)C5CCNCC5)CC4)c(Cl)c3)n2C)c(C(F)(F)F)n1. The molecular weight excluding hydrogens is 613 g/mol. The van der Waals surface area contributed by atoms with Gasteiger partial charge in [-0.05, 0) is 51.1 Å². The minimum Gasteiger partial charge on any atom is -0.339 e. The lowest BCUT2D eigenvalue weighted by Gasteiger charge is -2.37. The first kappa shape index (κ1) is 32.1. The zero-order valence-corrected chi connectivity index (χ0v) is 25.5. The number of carbonyl (C=O) groups excluding carboxylic acids is 3. The van der Waals surface area contributed by atoms with Crippen molar-refractivity contribution in [3.05, 3.63) is 52.7 Å². The number of halogens is 4. The number of hydrogen-bond acceptors (Lipinski definition) is 6. The number of anilines is 1.